The van der Waals surface area contributed by atoms with Crippen molar-refractivity contribution in [2.75, 3.05) is 7.11 Å². The summed E-state index contributed by atoms with van der Waals surface area (Å²) in [6, 6.07) is 13.4. The molecule has 2 aromatic carbocycles. The second-order valence-electron chi connectivity index (χ2n) is 4.65. The number of aliphatic hydroxyl groups excluding tert-OH is 1. The summed E-state index contributed by atoms with van der Waals surface area (Å²) >= 11 is 0. The molecule has 3 nitrogen and oxygen atoms in total. The molecule has 0 saturated carbocycles. The van der Waals surface area contributed by atoms with Crippen LogP contribution in [0.3, 0.4) is 0 Å². The van der Waals surface area contributed by atoms with E-state index < -0.39 is 18.0 Å². The molecule has 0 aromatic heterocycles. The molecule has 0 unspecified atom stereocenters. The largest absolute Gasteiger partial charge is 0.493 e. The fourth-order valence-electron chi connectivity index (χ4n) is 2.19. The minimum atomic E-state index is -0.812. The van der Waals surface area contributed by atoms with E-state index in [2.05, 4.69) is 0 Å². The van der Waals surface area contributed by atoms with Crippen LogP contribution in [0, 0.1) is 5.82 Å². The number of ether oxygens (including phenoxy) is 1. The molecule has 2 rings (SSSR count). The highest BCUT2D eigenvalue weighted by atomic mass is 19.1. The van der Waals surface area contributed by atoms with Crippen LogP contribution in [0.1, 0.15) is 17.2 Å². The Balaban J connectivity index is 2.18. The normalized spacial score (nSPS) is 13.8. The highest BCUT2D eigenvalue weighted by Crippen LogP contribution is 2.29. The Bertz CT molecular complexity index is 560. The Kier molecular flexibility index (Phi) is 4.71. The summed E-state index contributed by atoms with van der Waals surface area (Å²) in [5.74, 6) is -0.389. The molecule has 0 fully saturated rings. The first-order chi connectivity index (χ1) is 9.63. The molecule has 0 amide bonds. The molecule has 0 bridgehead atoms. The lowest BCUT2D eigenvalue weighted by atomic mass is 9.96. The number of nitrogens with two attached hydrogens (primary N) is 1. The minimum Gasteiger partial charge on any atom is -0.493 e. The van der Waals surface area contributed by atoms with Crippen LogP contribution in [0.2, 0.25) is 0 Å². The second kappa shape index (κ2) is 6.50. The summed E-state index contributed by atoms with van der Waals surface area (Å²) < 4.78 is 18.7. The van der Waals surface area contributed by atoms with Crippen LogP contribution in [-0.4, -0.2) is 18.3 Å². The third-order valence-electron chi connectivity index (χ3n) is 3.26. The molecule has 106 valence electrons. The maximum absolute atomic E-state index is 13.6. The summed E-state index contributed by atoms with van der Waals surface area (Å²) in [5.41, 5.74) is 7.48. The molecule has 20 heavy (non-hydrogen) atoms. The molecular formula is C16H18FNO2. The Morgan fingerprint density at radius 3 is 2.50 bits per heavy atom. The smallest absolute Gasteiger partial charge is 0.165 e. The average Bonchev–Trinajstić information content (AvgIpc) is 2.47. The number of halogens is 1. The number of methoxy groups -OCH3 is 1. The molecule has 2 atom stereocenters. The lowest BCUT2D eigenvalue weighted by Crippen LogP contribution is -2.28. The molecule has 0 radical (unpaired) electrons. The third-order valence-corrected chi connectivity index (χ3v) is 3.26. The number of benzene rings is 2. The van der Waals surface area contributed by atoms with E-state index in [9.17, 15) is 9.50 Å². The number of aliphatic hydroxyl groups is 1. The van der Waals surface area contributed by atoms with Gasteiger partial charge in [0.1, 0.15) is 0 Å². The zero-order valence-corrected chi connectivity index (χ0v) is 11.3. The fourth-order valence-corrected chi connectivity index (χ4v) is 2.19. The van der Waals surface area contributed by atoms with E-state index in [1.807, 2.05) is 30.3 Å². The monoisotopic (exact) mass is 275 g/mol. The average molecular weight is 275 g/mol. The van der Waals surface area contributed by atoms with Gasteiger partial charge in [-0.05, 0) is 11.6 Å². The Morgan fingerprint density at radius 2 is 1.85 bits per heavy atom. The van der Waals surface area contributed by atoms with Gasteiger partial charge < -0.3 is 15.6 Å². The zero-order chi connectivity index (χ0) is 14.5. The van der Waals surface area contributed by atoms with Gasteiger partial charge >= 0.3 is 0 Å². The van der Waals surface area contributed by atoms with Crippen LogP contribution >= 0.6 is 0 Å². The van der Waals surface area contributed by atoms with Gasteiger partial charge in [0.05, 0.1) is 19.3 Å². The summed E-state index contributed by atoms with van der Waals surface area (Å²) in [5, 5.41) is 10.2. The van der Waals surface area contributed by atoms with Gasteiger partial charge in [-0.3, -0.25) is 0 Å². The van der Waals surface area contributed by atoms with Crippen LogP contribution in [0.4, 0.5) is 4.39 Å². The Morgan fingerprint density at radius 1 is 1.15 bits per heavy atom. The molecule has 0 aliphatic heterocycles. The first-order valence-electron chi connectivity index (χ1n) is 6.43. The van der Waals surface area contributed by atoms with Gasteiger partial charge in [0.2, 0.25) is 0 Å². The van der Waals surface area contributed by atoms with Gasteiger partial charge in [0.15, 0.2) is 11.6 Å². The fraction of sp³-hybridized carbons (Fsp3) is 0.250. The van der Waals surface area contributed by atoms with Crippen molar-refractivity contribution in [3.8, 4) is 5.75 Å². The second-order valence-corrected chi connectivity index (χ2v) is 4.65. The van der Waals surface area contributed by atoms with Crippen molar-refractivity contribution in [1.82, 2.24) is 0 Å². The standard InChI is InChI=1S/C16H18FNO2/c1-20-16-12(8-5-9-13(16)17)15(18)14(19)10-11-6-3-2-4-7-11/h2-9,14-15,19H,10,18H2,1H3/t14-,15+/m1/s1. The molecule has 0 aliphatic carbocycles. The van der Waals surface area contributed by atoms with Crippen molar-refractivity contribution < 1.29 is 14.2 Å². The van der Waals surface area contributed by atoms with Crippen LogP contribution in [0.5, 0.6) is 5.75 Å². The predicted molar refractivity (Wildman–Crippen MR) is 76.0 cm³/mol. The Hall–Kier alpha value is -1.91. The molecular weight excluding hydrogens is 257 g/mol. The summed E-state index contributed by atoms with van der Waals surface area (Å²) in [7, 11) is 1.39. The lowest BCUT2D eigenvalue weighted by molar-refractivity contribution is 0.143. The highest BCUT2D eigenvalue weighted by Gasteiger charge is 2.22. The molecule has 3 N–H and O–H groups in total. The third kappa shape index (κ3) is 3.15. The number of hydrogen-bond acceptors (Lipinski definition) is 3. The summed E-state index contributed by atoms with van der Waals surface area (Å²) in [4.78, 5) is 0. The highest BCUT2D eigenvalue weighted by molar-refractivity contribution is 5.38. The van der Waals surface area contributed by atoms with Crippen LogP contribution in [0.25, 0.3) is 0 Å². The van der Waals surface area contributed by atoms with Gasteiger partial charge in [0.25, 0.3) is 0 Å². The molecule has 0 aliphatic rings. The molecule has 4 heteroatoms. The molecule has 0 heterocycles. The first kappa shape index (κ1) is 14.5. The van der Waals surface area contributed by atoms with E-state index >= 15 is 0 Å². The van der Waals surface area contributed by atoms with E-state index in [4.69, 9.17) is 10.5 Å². The number of rotatable bonds is 5. The zero-order valence-electron chi connectivity index (χ0n) is 11.3. The van der Waals surface area contributed by atoms with E-state index in [0.717, 1.165) is 5.56 Å². The van der Waals surface area contributed by atoms with Gasteiger partial charge in [-0.1, -0.05) is 42.5 Å². The SMILES string of the molecule is COc1c(F)cccc1[C@H](N)[C@H](O)Cc1ccccc1. The van der Waals surface area contributed by atoms with Crippen molar-refractivity contribution >= 4 is 0 Å². The molecule has 0 saturated heterocycles. The minimum absolute atomic E-state index is 0.0899. The maximum Gasteiger partial charge on any atom is 0.165 e. The quantitative estimate of drug-likeness (QED) is 0.881. The lowest BCUT2D eigenvalue weighted by Gasteiger charge is -2.21. The first-order valence-corrected chi connectivity index (χ1v) is 6.43. The van der Waals surface area contributed by atoms with Crippen molar-refractivity contribution in [3.63, 3.8) is 0 Å². The van der Waals surface area contributed by atoms with Crippen LogP contribution in [-0.2, 0) is 6.42 Å². The van der Waals surface area contributed by atoms with E-state index in [-0.39, 0.29) is 5.75 Å². The topological polar surface area (TPSA) is 55.5 Å². The van der Waals surface area contributed by atoms with Crippen molar-refractivity contribution in [3.05, 3.63) is 65.5 Å². The summed E-state index contributed by atoms with van der Waals surface area (Å²) in [6.45, 7) is 0. The number of hydrogen-bond donors (Lipinski definition) is 2. The summed E-state index contributed by atoms with van der Waals surface area (Å²) in [6.07, 6.45) is -0.408. The van der Waals surface area contributed by atoms with Crippen LogP contribution < -0.4 is 10.5 Å². The maximum atomic E-state index is 13.6. The van der Waals surface area contributed by atoms with E-state index in [0.29, 0.717) is 12.0 Å². The predicted octanol–water partition coefficient (Wildman–Crippen LogP) is 2.44. The molecule has 2 aromatic rings. The van der Waals surface area contributed by atoms with Gasteiger partial charge in [-0.25, -0.2) is 4.39 Å². The van der Waals surface area contributed by atoms with Crippen molar-refractivity contribution in [1.29, 1.82) is 0 Å². The van der Waals surface area contributed by atoms with Gasteiger partial charge in [-0.2, -0.15) is 0 Å². The van der Waals surface area contributed by atoms with E-state index in [1.165, 1.54) is 13.2 Å². The molecule has 0 spiro atoms. The van der Waals surface area contributed by atoms with Crippen molar-refractivity contribution in [2.24, 2.45) is 5.73 Å². The number of para-hydroxylation sites is 1. The van der Waals surface area contributed by atoms with Gasteiger partial charge in [0, 0.05) is 12.0 Å². The van der Waals surface area contributed by atoms with Crippen molar-refractivity contribution in [2.45, 2.75) is 18.6 Å². The van der Waals surface area contributed by atoms with Gasteiger partial charge in [-0.15, -0.1) is 0 Å². The Labute approximate surface area is 117 Å². The van der Waals surface area contributed by atoms with Crippen LogP contribution in [0.15, 0.2) is 48.5 Å². The van der Waals surface area contributed by atoms with E-state index in [1.54, 1.807) is 12.1 Å².